The standard InChI is InChI=1S/C19H23IN2O2/c1-12(23)22-16-7-5-15(6-8-16)21-11-13-9-14(19(2,3)4)10-17(20)18(13)24/h5-10,21,24H,11H2,1-4H3,(H,22,23). The van der Waals surface area contributed by atoms with E-state index in [4.69, 9.17) is 0 Å². The lowest BCUT2D eigenvalue weighted by Gasteiger charge is -2.21. The minimum absolute atomic E-state index is 0.0301. The Morgan fingerprint density at radius 2 is 1.71 bits per heavy atom. The van der Waals surface area contributed by atoms with Crippen molar-refractivity contribution in [2.75, 3.05) is 10.6 Å². The molecular weight excluding hydrogens is 415 g/mol. The molecule has 0 saturated heterocycles. The molecule has 5 heteroatoms. The summed E-state index contributed by atoms with van der Waals surface area (Å²) in [6, 6.07) is 11.6. The van der Waals surface area contributed by atoms with E-state index in [1.54, 1.807) is 0 Å². The molecule has 0 atom stereocenters. The summed E-state index contributed by atoms with van der Waals surface area (Å²) in [7, 11) is 0. The Kier molecular flexibility index (Phi) is 5.74. The Bertz CT molecular complexity index is 734. The largest absolute Gasteiger partial charge is 0.506 e. The molecule has 2 aromatic rings. The van der Waals surface area contributed by atoms with Crippen LogP contribution in [0.1, 0.15) is 38.8 Å². The second-order valence-electron chi connectivity index (χ2n) is 6.83. The number of benzene rings is 2. The smallest absolute Gasteiger partial charge is 0.221 e. The first-order valence-electron chi connectivity index (χ1n) is 7.80. The van der Waals surface area contributed by atoms with Gasteiger partial charge in [0.2, 0.25) is 5.91 Å². The molecule has 0 radical (unpaired) electrons. The van der Waals surface area contributed by atoms with E-state index in [0.29, 0.717) is 12.3 Å². The van der Waals surface area contributed by atoms with Crippen molar-refractivity contribution in [3.05, 3.63) is 51.1 Å². The first kappa shape index (κ1) is 18.6. The van der Waals surface area contributed by atoms with E-state index in [-0.39, 0.29) is 11.3 Å². The molecule has 1 amide bonds. The molecule has 0 bridgehead atoms. The van der Waals surface area contributed by atoms with Crippen LogP contribution in [0, 0.1) is 3.57 Å². The molecule has 2 aromatic carbocycles. The molecule has 0 spiro atoms. The Morgan fingerprint density at radius 1 is 1.12 bits per heavy atom. The minimum Gasteiger partial charge on any atom is -0.506 e. The lowest BCUT2D eigenvalue weighted by Crippen LogP contribution is -2.13. The third kappa shape index (κ3) is 4.87. The number of phenols is 1. The number of carbonyl (C=O) groups excluding carboxylic acids is 1. The van der Waals surface area contributed by atoms with Gasteiger partial charge < -0.3 is 15.7 Å². The maximum Gasteiger partial charge on any atom is 0.221 e. The van der Waals surface area contributed by atoms with Gasteiger partial charge in [-0.05, 0) is 70.0 Å². The number of hydrogen-bond donors (Lipinski definition) is 3. The molecule has 4 nitrogen and oxygen atoms in total. The minimum atomic E-state index is -0.0887. The molecular formula is C19H23IN2O2. The summed E-state index contributed by atoms with van der Waals surface area (Å²) in [4.78, 5) is 11.0. The van der Waals surface area contributed by atoms with Crippen LogP contribution in [0.3, 0.4) is 0 Å². The van der Waals surface area contributed by atoms with Crippen molar-refractivity contribution in [1.29, 1.82) is 0 Å². The van der Waals surface area contributed by atoms with Crippen LogP contribution in [-0.2, 0) is 16.8 Å². The highest BCUT2D eigenvalue weighted by Gasteiger charge is 2.17. The van der Waals surface area contributed by atoms with Gasteiger partial charge in [0.05, 0.1) is 3.57 Å². The topological polar surface area (TPSA) is 61.4 Å². The number of rotatable bonds is 4. The van der Waals surface area contributed by atoms with Gasteiger partial charge in [-0.3, -0.25) is 4.79 Å². The molecule has 24 heavy (non-hydrogen) atoms. The third-order valence-electron chi connectivity index (χ3n) is 3.70. The molecule has 0 aliphatic heterocycles. The molecule has 0 heterocycles. The fourth-order valence-corrected chi connectivity index (χ4v) is 2.98. The highest BCUT2D eigenvalue weighted by Crippen LogP contribution is 2.32. The normalized spacial score (nSPS) is 11.2. The Hall–Kier alpha value is -1.76. The van der Waals surface area contributed by atoms with Crippen molar-refractivity contribution in [1.82, 2.24) is 0 Å². The van der Waals surface area contributed by atoms with Gasteiger partial charge in [0, 0.05) is 30.4 Å². The van der Waals surface area contributed by atoms with Gasteiger partial charge in [-0.15, -0.1) is 0 Å². The van der Waals surface area contributed by atoms with E-state index < -0.39 is 0 Å². The number of nitrogens with one attached hydrogen (secondary N) is 2. The number of phenolic OH excluding ortho intramolecular Hbond substituents is 1. The predicted molar refractivity (Wildman–Crippen MR) is 108 cm³/mol. The van der Waals surface area contributed by atoms with Crippen molar-refractivity contribution < 1.29 is 9.90 Å². The summed E-state index contributed by atoms with van der Waals surface area (Å²) in [6.07, 6.45) is 0. The number of halogens is 1. The van der Waals surface area contributed by atoms with Crippen molar-refractivity contribution in [2.45, 2.75) is 39.7 Å². The van der Waals surface area contributed by atoms with Gasteiger partial charge >= 0.3 is 0 Å². The Balaban J connectivity index is 2.14. The van der Waals surface area contributed by atoms with Crippen molar-refractivity contribution in [3.63, 3.8) is 0 Å². The molecule has 0 saturated carbocycles. The summed E-state index contributed by atoms with van der Waals surface area (Å²) < 4.78 is 0.859. The molecule has 0 aromatic heterocycles. The first-order valence-corrected chi connectivity index (χ1v) is 8.88. The average Bonchev–Trinajstić information content (AvgIpc) is 2.48. The summed E-state index contributed by atoms with van der Waals surface area (Å²) in [5, 5.41) is 16.4. The zero-order chi connectivity index (χ0) is 17.9. The van der Waals surface area contributed by atoms with E-state index in [2.05, 4.69) is 60.1 Å². The second-order valence-corrected chi connectivity index (χ2v) is 7.99. The maximum atomic E-state index is 11.0. The lowest BCUT2D eigenvalue weighted by atomic mass is 9.86. The van der Waals surface area contributed by atoms with Crippen molar-refractivity contribution in [2.24, 2.45) is 0 Å². The van der Waals surface area contributed by atoms with Crippen molar-refractivity contribution >= 4 is 39.9 Å². The Labute approximate surface area is 156 Å². The van der Waals surface area contributed by atoms with Crippen LogP contribution in [0.2, 0.25) is 0 Å². The van der Waals surface area contributed by atoms with Gasteiger partial charge in [-0.1, -0.05) is 20.8 Å². The van der Waals surface area contributed by atoms with Gasteiger partial charge in [0.15, 0.2) is 0 Å². The highest BCUT2D eigenvalue weighted by atomic mass is 127. The van der Waals surface area contributed by atoms with Crippen LogP contribution in [0.5, 0.6) is 5.75 Å². The van der Waals surface area contributed by atoms with Gasteiger partial charge in [-0.25, -0.2) is 0 Å². The number of carbonyl (C=O) groups is 1. The quantitative estimate of drug-likeness (QED) is 0.598. The van der Waals surface area contributed by atoms with Gasteiger partial charge in [0.1, 0.15) is 5.75 Å². The zero-order valence-corrected chi connectivity index (χ0v) is 16.6. The van der Waals surface area contributed by atoms with E-state index in [1.165, 1.54) is 12.5 Å². The number of anilines is 2. The van der Waals surface area contributed by atoms with Crippen LogP contribution in [0.25, 0.3) is 0 Å². The number of hydrogen-bond acceptors (Lipinski definition) is 3. The van der Waals surface area contributed by atoms with E-state index >= 15 is 0 Å². The monoisotopic (exact) mass is 438 g/mol. The van der Waals surface area contributed by atoms with Crippen LogP contribution in [-0.4, -0.2) is 11.0 Å². The summed E-state index contributed by atoms with van der Waals surface area (Å²) in [5.41, 5.74) is 3.79. The summed E-state index contributed by atoms with van der Waals surface area (Å²) in [6.45, 7) is 8.50. The molecule has 0 aliphatic carbocycles. The van der Waals surface area contributed by atoms with Crippen LogP contribution >= 0.6 is 22.6 Å². The van der Waals surface area contributed by atoms with Crippen molar-refractivity contribution in [3.8, 4) is 5.75 Å². The predicted octanol–water partition coefficient (Wildman–Crippen LogP) is 4.86. The molecule has 128 valence electrons. The fraction of sp³-hybridized carbons (Fsp3) is 0.316. The first-order chi connectivity index (χ1) is 11.2. The summed E-state index contributed by atoms with van der Waals surface area (Å²) >= 11 is 2.17. The maximum absolute atomic E-state index is 11.0. The SMILES string of the molecule is CC(=O)Nc1ccc(NCc2cc(C(C)(C)C)cc(I)c2O)cc1. The fourth-order valence-electron chi connectivity index (χ4n) is 2.30. The number of amides is 1. The van der Waals surface area contributed by atoms with Crippen LogP contribution < -0.4 is 10.6 Å². The highest BCUT2D eigenvalue weighted by molar-refractivity contribution is 14.1. The van der Waals surface area contributed by atoms with E-state index in [1.807, 2.05) is 30.3 Å². The molecule has 2 rings (SSSR count). The van der Waals surface area contributed by atoms with Gasteiger partial charge in [0.25, 0.3) is 0 Å². The Morgan fingerprint density at radius 3 is 2.25 bits per heavy atom. The van der Waals surface area contributed by atoms with Crippen LogP contribution in [0.15, 0.2) is 36.4 Å². The molecule has 0 aliphatic rings. The van der Waals surface area contributed by atoms with E-state index in [0.717, 1.165) is 20.5 Å². The number of aromatic hydroxyl groups is 1. The van der Waals surface area contributed by atoms with Gasteiger partial charge in [-0.2, -0.15) is 0 Å². The third-order valence-corrected chi connectivity index (χ3v) is 4.52. The lowest BCUT2D eigenvalue weighted by molar-refractivity contribution is -0.114. The zero-order valence-electron chi connectivity index (χ0n) is 14.4. The second kappa shape index (κ2) is 7.42. The average molecular weight is 438 g/mol. The van der Waals surface area contributed by atoms with E-state index in [9.17, 15) is 9.90 Å². The summed E-state index contributed by atoms with van der Waals surface area (Å²) in [5.74, 6) is 0.236. The van der Waals surface area contributed by atoms with Crippen LogP contribution in [0.4, 0.5) is 11.4 Å². The molecule has 0 unspecified atom stereocenters. The molecule has 0 fully saturated rings. The molecule has 3 N–H and O–H groups in total.